The molecule has 0 aliphatic carbocycles. The van der Waals surface area contributed by atoms with E-state index >= 15 is 0 Å². The van der Waals surface area contributed by atoms with Gasteiger partial charge in [-0.3, -0.25) is 4.79 Å². The Morgan fingerprint density at radius 2 is 1.96 bits per heavy atom. The summed E-state index contributed by atoms with van der Waals surface area (Å²) in [5.41, 5.74) is 1.26. The van der Waals surface area contributed by atoms with Crippen LogP contribution in [0.3, 0.4) is 0 Å². The molecule has 1 aromatic heterocycles. The van der Waals surface area contributed by atoms with Gasteiger partial charge in [-0.15, -0.1) is 11.3 Å². The lowest BCUT2D eigenvalue weighted by Gasteiger charge is -2.09. The fourth-order valence-corrected chi connectivity index (χ4v) is 2.81. The number of esters is 2. The van der Waals surface area contributed by atoms with E-state index in [0.29, 0.717) is 4.88 Å². The average Bonchev–Trinajstić information content (AvgIpc) is 3.00. The van der Waals surface area contributed by atoms with Gasteiger partial charge in [-0.1, -0.05) is 11.6 Å². The average molecular weight is 368 g/mol. The zero-order chi connectivity index (χ0) is 17.7. The van der Waals surface area contributed by atoms with Crippen molar-refractivity contribution in [2.24, 2.45) is 0 Å². The van der Waals surface area contributed by atoms with Gasteiger partial charge in [-0.25, -0.2) is 9.59 Å². The molecule has 1 amide bonds. The number of hydrogen-bond acceptors (Lipinski definition) is 6. The summed E-state index contributed by atoms with van der Waals surface area (Å²) < 4.78 is 9.57. The van der Waals surface area contributed by atoms with E-state index in [1.807, 2.05) is 0 Å². The number of rotatable bonds is 5. The number of aryl methyl sites for hydroxylation is 1. The van der Waals surface area contributed by atoms with Crippen molar-refractivity contribution in [2.75, 3.05) is 19.0 Å². The van der Waals surface area contributed by atoms with Crippen LogP contribution in [0, 0.1) is 6.92 Å². The molecule has 0 unspecified atom stereocenters. The number of carbonyl (C=O) groups is 3. The Balaban J connectivity index is 1.98. The number of halogens is 1. The molecule has 0 aliphatic rings. The van der Waals surface area contributed by atoms with Gasteiger partial charge in [-0.05, 0) is 42.1 Å². The molecule has 1 heterocycles. The van der Waals surface area contributed by atoms with Crippen molar-refractivity contribution in [3.8, 4) is 0 Å². The molecule has 0 saturated carbocycles. The van der Waals surface area contributed by atoms with E-state index in [1.54, 1.807) is 18.4 Å². The lowest BCUT2D eigenvalue weighted by Crippen LogP contribution is -2.21. The van der Waals surface area contributed by atoms with Gasteiger partial charge in [0, 0.05) is 0 Å². The molecule has 0 bridgehead atoms. The van der Waals surface area contributed by atoms with E-state index < -0.39 is 24.5 Å². The normalized spacial score (nSPS) is 10.1. The molecule has 0 fully saturated rings. The molecule has 0 saturated heterocycles. The second-order valence-electron chi connectivity index (χ2n) is 4.74. The zero-order valence-corrected chi connectivity index (χ0v) is 14.5. The van der Waals surface area contributed by atoms with Crippen molar-refractivity contribution in [2.45, 2.75) is 6.92 Å². The second kappa shape index (κ2) is 7.94. The van der Waals surface area contributed by atoms with E-state index in [0.717, 1.165) is 5.56 Å². The van der Waals surface area contributed by atoms with Crippen molar-refractivity contribution >= 4 is 46.5 Å². The Labute approximate surface area is 147 Å². The van der Waals surface area contributed by atoms with Gasteiger partial charge in [0.05, 0.1) is 23.4 Å². The Hall–Kier alpha value is -2.38. The van der Waals surface area contributed by atoms with Crippen LogP contribution in [0.25, 0.3) is 0 Å². The minimum absolute atomic E-state index is 0.230. The molecule has 2 rings (SSSR count). The van der Waals surface area contributed by atoms with Crippen LogP contribution in [0.4, 0.5) is 5.69 Å². The van der Waals surface area contributed by atoms with Crippen LogP contribution in [0.15, 0.2) is 29.6 Å². The first-order valence-electron chi connectivity index (χ1n) is 6.81. The van der Waals surface area contributed by atoms with Crippen LogP contribution in [0.1, 0.15) is 25.6 Å². The largest absolute Gasteiger partial charge is 0.465 e. The van der Waals surface area contributed by atoms with Gasteiger partial charge in [0.15, 0.2) is 6.61 Å². The monoisotopic (exact) mass is 367 g/mol. The Morgan fingerprint density at radius 1 is 1.21 bits per heavy atom. The Morgan fingerprint density at radius 3 is 2.58 bits per heavy atom. The summed E-state index contributed by atoms with van der Waals surface area (Å²) in [6.45, 7) is 1.32. The summed E-state index contributed by atoms with van der Waals surface area (Å²) in [7, 11) is 1.25. The molecular weight excluding hydrogens is 354 g/mol. The number of methoxy groups -OCH3 is 1. The highest BCUT2D eigenvalue weighted by atomic mass is 35.5. The van der Waals surface area contributed by atoms with Crippen LogP contribution in [0.2, 0.25) is 5.02 Å². The fourth-order valence-electron chi connectivity index (χ4n) is 1.83. The summed E-state index contributed by atoms with van der Waals surface area (Å²) in [5.74, 6) is -1.68. The highest BCUT2D eigenvalue weighted by molar-refractivity contribution is 7.12. The molecule has 2 aromatic rings. The minimum Gasteiger partial charge on any atom is -0.465 e. The quantitative estimate of drug-likeness (QED) is 0.820. The molecule has 0 radical (unpaired) electrons. The lowest BCUT2D eigenvalue weighted by molar-refractivity contribution is -0.119. The Kier molecular flexibility index (Phi) is 5.94. The van der Waals surface area contributed by atoms with Crippen LogP contribution in [-0.2, 0) is 14.3 Å². The standard InChI is InChI=1S/C16H14ClNO5S/c1-9-5-6-24-14(9)16(21)23-8-13(19)18-12-7-10(15(20)22-2)3-4-11(12)17/h3-7H,8H2,1-2H3,(H,18,19). The van der Waals surface area contributed by atoms with Crippen LogP contribution in [0.5, 0.6) is 0 Å². The predicted molar refractivity (Wildman–Crippen MR) is 90.8 cm³/mol. The first-order valence-corrected chi connectivity index (χ1v) is 8.07. The summed E-state index contributed by atoms with van der Waals surface area (Å²) in [6, 6.07) is 6.12. The lowest BCUT2D eigenvalue weighted by atomic mass is 10.2. The molecule has 126 valence electrons. The van der Waals surface area contributed by atoms with Gasteiger partial charge in [0.1, 0.15) is 4.88 Å². The topological polar surface area (TPSA) is 81.7 Å². The molecule has 0 atom stereocenters. The third kappa shape index (κ3) is 4.33. The number of amides is 1. The van der Waals surface area contributed by atoms with Gasteiger partial charge in [0.25, 0.3) is 5.91 Å². The molecular formula is C16H14ClNO5S. The van der Waals surface area contributed by atoms with E-state index in [2.05, 4.69) is 10.1 Å². The highest BCUT2D eigenvalue weighted by Gasteiger charge is 2.15. The number of benzene rings is 1. The van der Waals surface area contributed by atoms with Gasteiger partial charge >= 0.3 is 11.9 Å². The number of ether oxygens (including phenoxy) is 2. The molecule has 1 aromatic carbocycles. The molecule has 1 N–H and O–H groups in total. The van der Waals surface area contributed by atoms with Crippen molar-refractivity contribution in [3.63, 3.8) is 0 Å². The number of carbonyl (C=O) groups excluding carboxylic acids is 3. The van der Waals surface area contributed by atoms with E-state index in [9.17, 15) is 14.4 Å². The van der Waals surface area contributed by atoms with Crippen LogP contribution < -0.4 is 5.32 Å². The van der Waals surface area contributed by atoms with Crippen LogP contribution in [-0.4, -0.2) is 31.6 Å². The number of anilines is 1. The van der Waals surface area contributed by atoms with Gasteiger partial charge in [-0.2, -0.15) is 0 Å². The van der Waals surface area contributed by atoms with E-state index in [-0.39, 0.29) is 16.3 Å². The molecule has 8 heteroatoms. The van der Waals surface area contributed by atoms with E-state index in [4.69, 9.17) is 16.3 Å². The van der Waals surface area contributed by atoms with Crippen LogP contribution >= 0.6 is 22.9 Å². The van der Waals surface area contributed by atoms with Crippen molar-refractivity contribution in [1.82, 2.24) is 0 Å². The first kappa shape index (κ1) is 18.0. The second-order valence-corrected chi connectivity index (χ2v) is 6.07. The third-order valence-electron chi connectivity index (χ3n) is 3.04. The Bertz CT molecular complexity index is 787. The smallest absolute Gasteiger partial charge is 0.349 e. The SMILES string of the molecule is COC(=O)c1ccc(Cl)c(NC(=O)COC(=O)c2sccc2C)c1. The van der Waals surface area contributed by atoms with E-state index in [1.165, 1.54) is 36.6 Å². The summed E-state index contributed by atoms with van der Waals surface area (Å²) in [4.78, 5) is 35.7. The maximum atomic E-state index is 11.9. The molecule has 6 nitrogen and oxygen atoms in total. The number of hydrogen-bond donors (Lipinski definition) is 1. The van der Waals surface area contributed by atoms with Gasteiger partial charge in [0.2, 0.25) is 0 Å². The molecule has 24 heavy (non-hydrogen) atoms. The summed E-state index contributed by atoms with van der Waals surface area (Å²) in [6.07, 6.45) is 0. The first-order chi connectivity index (χ1) is 11.4. The molecule has 0 aliphatic heterocycles. The highest BCUT2D eigenvalue weighted by Crippen LogP contribution is 2.23. The number of nitrogens with one attached hydrogen (secondary N) is 1. The summed E-state index contributed by atoms with van der Waals surface area (Å²) >= 11 is 7.22. The van der Waals surface area contributed by atoms with Gasteiger partial charge < -0.3 is 14.8 Å². The predicted octanol–water partition coefficient (Wildman–Crippen LogP) is 3.29. The van der Waals surface area contributed by atoms with Crippen molar-refractivity contribution in [3.05, 3.63) is 50.7 Å². The molecule has 0 spiro atoms. The van der Waals surface area contributed by atoms with Crippen molar-refractivity contribution < 1.29 is 23.9 Å². The minimum atomic E-state index is -0.568. The maximum absolute atomic E-state index is 11.9. The number of thiophene rings is 1. The zero-order valence-electron chi connectivity index (χ0n) is 12.9. The summed E-state index contributed by atoms with van der Waals surface area (Å²) in [5, 5.41) is 4.51. The maximum Gasteiger partial charge on any atom is 0.349 e. The fraction of sp³-hybridized carbons (Fsp3) is 0.188. The third-order valence-corrected chi connectivity index (χ3v) is 4.37. The van der Waals surface area contributed by atoms with Crippen molar-refractivity contribution in [1.29, 1.82) is 0 Å².